The van der Waals surface area contributed by atoms with Crippen LogP contribution in [0.3, 0.4) is 0 Å². The van der Waals surface area contributed by atoms with Gasteiger partial charge in [0.25, 0.3) is 5.91 Å². The van der Waals surface area contributed by atoms with Gasteiger partial charge in [0.05, 0.1) is 10.0 Å². The lowest BCUT2D eigenvalue weighted by atomic mass is 10.2. The minimum atomic E-state index is -0.333. The van der Waals surface area contributed by atoms with E-state index in [9.17, 15) is 9.59 Å². The summed E-state index contributed by atoms with van der Waals surface area (Å²) in [6.45, 7) is 0. The zero-order valence-electron chi connectivity index (χ0n) is 13.8. The second-order valence-corrected chi connectivity index (χ2v) is 8.17. The Labute approximate surface area is 163 Å². The molecule has 0 spiro atoms. The van der Waals surface area contributed by atoms with Crippen LogP contribution in [0, 0.1) is 0 Å². The van der Waals surface area contributed by atoms with E-state index in [0.29, 0.717) is 17.8 Å². The van der Waals surface area contributed by atoms with Gasteiger partial charge in [0.2, 0.25) is 5.91 Å². The molecule has 2 amide bonds. The summed E-state index contributed by atoms with van der Waals surface area (Å²) in [5.41, 5.74) is 1.23. The van der Waals surface area contributed by atoms with Crippen molar-refractivity contribution in [2.75, 3.05) is 10.6 Å². The fraction of sp³-hybridized carbons (Fsp3) is 0.158. The number of carbonyl (C=O) groups excluding carboxylic acids is 2. The Morgan fingerprint density at radius 2 is 1.85 bits per heavy atom. The van der Waals surface area contributed by atoms with Crippen molar-refractivity contribution in [2.45, 2.75) is 19.3 Å². The van der Waals surface area contributed by atoms with Gasteiger partial charge in [0.15, 0.2) is 5.76 Å². The van der Waals surface area contributed by atoms with Crippen molar-refractivity contribution in [1.29, 1.82) is 0 Å². The minimum absolute atomic E-state index is 0.0462. The van der Waals surface area contributed by atoms with E-state index in [1.807, 2.05) is 6.07 Å². The maximum absolute atomic E-state index is 12.1. The SMILES string of the molecule is O=C(CCCc1ccc(Br)s1)Nc1cccc(NC(=O)c2ccco2)c1. The highest BCUT2D eigenvalue weighted by Crippen LogP contribution is 2.23. The molecule has 5 nitrogen and oxygen atoms in total. The summed E-state index contributed by atoms with van der Waals surface area (Å²) in [5, 5.41) is 5.60. The van der Waals surface area contributed by atoms with Crippen LogP contribution in [0.1, 0.15) is 28.3 Å². The zero-order chi connectivity index (χ0) is 18.4. The molecule has 2 aromatic heterocycles. The van der Waals surface area contributed by atoms with Crippen molar-refractivity contribution in [3.8, 4) is 0 Å². The number of aryl methyl sites for hydroxylation is 1. The molecule has 3 rings (SSSR count). The highest BCUT2D eigenvalue weighted by atomic mass is 79.9. The van der Waals surface area contributed by atoms with Gasteiger partial charge in [-0.2, -0.15) is 0 Å². The van der Waals surface area contributed by atoms with Crippen molar-refractivity contribution in [3.05, 3.63) is 69.2 Å². The van der Waals surface area contributed by atoms with E-state index in [4.69, 9.17) is 4.42 Å². The Morgan fingerprint density at radius 3 is 2.54 bits per heavy atom. The molecular formula is C19H17BrN2O3S. The van der Waals surface area contributed by atoms with Crippen molar-refractivity contribution < 1.29 is 14.0 Å². The van der Waals surface area contributed by atoms with E-state index in [2.05, 4.69) is 32.6 Å². The number of furan rings is 1. The third-order valence-electron chi connectivity index (χ3n) is 3.61. The zero-order valence-corrected chi connectivity index (χ0v) is 16.2. The molecule has 0 unspecified atom stereocenters. The van der Waals surface area contributed by atoms with Gasteiger partial charge >= 0.3 is 0 Å². The highest BCUT2D eigenvalue weighted by Gasteiger charge is 2.09. The molecule has 3 aromatic rings. The van der Waals surface area contributed by atoms with Gasteiger partial charge in [-0.25, -0.2) is 0 Å². The van der Waals surface area contributed by atoms with Crippen LogP contribution in [0.4, 0.5) is 11.4 Å². The van der Waals surface area contributed by atoms with E-state index in [1.54, 1.807) is 47.7 Å². The highest BCUT2D eigenvalue weighted by molar-refractivity contribution is 9.11. The second-order valence-electron chi connectivity index (χ2n) is 5.62. The third kappa shape index (κ3) is 5.31. The fourth-order valence-electron chi connectivity index (χ4n) is 2.41. The van der Waals surface area contributed by atoms with Crippen LogP contribution in [-0.2, 0) is 11.2 Å². The number of nitrogens with one attached hydrogen (secondary N) is 2. The molecule has 0 aliphatic heterocycles. The van der Waals surface area contributed by atoms with Gasteiger partial charge in [-0.15, -0.1) is 11.3 Å². The molecule has 7 heteroatoms. The molecule has 0 fully saturated rings. The number of thiophene rings is 1. The van der Waals surface area contributed by atoms with E-state index < -0.39 is 0 Å². The smallest absolute Gasteiger partial charge is 0.291 e. The summed E-state index contributed by atoms with van der Waals surface area (Å²) in [6, 6.07) is 14.4. The Balaban J connectivity index is 1.49. The number of rotatable bonds is 7. The number of carbonyl (C=O) groups is 2. The lowest BCUT2D eigenvalue weighted by Crippen LogP contribution is -2.13. The van der Waals surface area contributed by atoms with Crippen molar-refractivity contribution in [3.63, 3.8) is 0 Å². The molecule has 2 N–H and O–H groups in total. The van der Waals surface area contributed by atoms with Crippen LogP contribution in [0.25, 0.3) is 0 Å². The summed E-state index contributed by atoms with van der Waals surface area (Å²) < 4.78 is 6.16. The fourth-order valence-corrected chi connectivity index (χ4v) is 3.93. The molecule has 1 aromatic carbocycles. The molecule has 0 saturated carbocycles. The summed E-state index contributed by atoms with van der Waals surface area (Å²) in [4.78, 5) is 25.4. The largest absolute Gasteiger partial charge is 0.459 e. The minimum Gasteiger partial charge on any atom is -0.459 e. The van der Waals surface area contributed by atoms with E-state index in [1.165, 1.54) is 11.1 Å². The Kier molecular flexibility index (Phi) is 6.25. The lowest BCUT2D eigenvalue weighted by molar-refractivity contribution is -0.116. The Hall–Kier alpha value is -2.38. The topological polar surface area (TPSA) is 71.3 Å². The van der Waals surface area contributed by atoms with Gasteiger partial charge in [-0.05, 0) is 71.2 Å². The van der Waals surface area contributed by atoms with Gasteiger partial charge in [0, 0.05) is 22.7 Å². The number of hydrogen-bond acceptors (Lipinski definition) is 4. The second kappa shape index (κ2) is 8.82. The molecule has 0 atom stereocenters. The number of hydrogen-bond donors (Lipinski definition) is 2. The average molecular weight is 433 g/mol. The monoisotopic (exact) mass is 432 g/mol. The molecular weight excluding hydrogens is 416 g/mol. The maximum atomic E-state index is 12.1. The molecule has 0 aliphatic rings. The first kappa shape index (κ1) is 18.4. The van der Waals surface area contributed by atoms with Gasteiger partial charge in [-0.1, -0.05) is 6.07 Å². The van der Waals surface area contributed by atoms with Crippen LogP contribution in [0.5, 0.6) is 0 Å². The summed E-state index contributed by atoms with van der Waals surface area (Å²) >= 11 is 5.12. The van der Waals surface area contributed by atoms with Gasteiger partial charge < -0.3 is 15.1 Å². The normalized spacial score (nSPS) is 10.5. The average Bonchev–Trinajstić information content (AvgIpc) is 3.27. The quantitative estimate of drug-likeness (QED) is 0.530. The third-order valence-corrected chi connectivity index (χ3v) is 5.29. The van der Waals surface area contributed by atoms with Crippen LogP contribution < -0.4 is 10.6 Å². The number of halogens is 1. The summed E-state index contributed by atoms with van der Waals surface area (Å²) in [7, 11) is 0. The molecule has 0 bridgehead atoms. The molecule has 134 valence electrons. The number of anilines is 2. The maximum Gasteiger partial charge on any atom is 0.291 e. The molecule has 26 heavy (non-hydrogen) atoms. The standard InChI is InChI=1S/C19H17BrN2O3S/c20-17-10-9-15(26-17)6-2-8-18(23)21-13-4-1-5-14(12-13)22-19(24)16-7-3-11-25-16/h1,3-5,7,9-12H,2,6,8H2,(H,21,23)(H,22,24). The van der Waals surface area contributed by atoms with E-state index >= 15 is 0 Å². The van der Waals surface area contributed by atoms with Crippen molar-refractivity contribution >= 4 is 50.5 Å². The summed E-state index contributed by atoms with van der Waals surface area (Å²) in [5.74, 6) is -0.143. The first-order valence-electron chi connectivity index (χ1n) is 8.09. The molecule has 0 aliphatic carbocycles. The number of benzene rings is 1. The van der Waals surface area contributed by atoms with E-state index in [0.717, 1.165) is 16.6 Å². The van der Waals surface area contributed by atoms with Crippen molar-refractivity contribution in [1.82, 2.24) is 0 Å². The van der Waals surface area contributed by atoms with Gasteiger partial charge in [-0.3, -0.25) is 9.59 Å². The van der Waals surface area contributed by atoms with Crippen LogP contribution in [0.2, 0.25) is 0 Å². The lowest BCUT2D eigenvalue weighted by Gasteiger charge is -2.08. The molecule has 0 saturated heterocycles. The van der Waals surface area contributed by atoms with Crippen LogP contribution >= 0.6 is 27.3 Å². The van der Waals surface area contributed by atoms with Gasteiger partial charge in [0.1, 0.15) is 0 Å². The first-order valence-corrected chi connectivity index (χ1v) is 9.70. The Bertz CT molecular complexity index is 890. The predicted molar refractivity (Wildman–Crippen MR) is 107 cm³/mol. The number of amides is 2. The van der Waals surface area contributed by atoms with Crippen molar-refractivity contribution in [2.24, 2.45) is 0 Å². The van der Waals surface area contributed by atoms with Crippen LogP contribution in [-0.4, -0.2) is 11.8 Å². The van der Waals surface area contributed by atoms with Crippen LogP contribution in [0.15, 0.2) is 63.0 Å². The molecule has 0 radical (unpaired) electrons. The Morgan fingerprint density at radius 1 is 1.04 bits per heavy atom. The molecule has 2 heterocycles. The predicted octanol–water partition coefficient (Wildman–Crippen LogP) is 5.32. The summed E-state index contributed by atoms with van der Waals surface area (Å²) in [6.07, 6.45) is 3.55. The van der Waals surface area contributed by atoms with E-state index in [-0.39, 0.29) is 17.6 Å². The first-order chi connectivity index (χ1) is 12.6.